The lowest BCUT2D eigenvalue weighted by Crippen LogP contribution is -2.06. The molecule has 0 unspecified atom stereocenters. The Morgan fingerprint density at radius 1 is 1.44 bits per heavy atom. The van der Waals surface area contributed by atoms with Gasteiger partial charge in [-0.25, -0.2) is 14.2 Å². The van der Waals surface area contributed by atoms with Crippen LogP contribution in [0.15, 0.2) is 29.0 Å². The first-order chi connectivity index (χ1) is 8.61. The lowest BCUT2D eigenvalue weighted by atomic mass is 10.1. The molecule has 18 heavy (non-hydrogen) atoms. The van der Waals surface area contributed by atoms with Gasteiger partial charge in [-0.05, 0) is 37.6 Å². The maximum absolute atomic E-state index is 13.3. The highest BCUT2D eigenvalue weighted by atomic mass is 19.1. The van der Waals surface area contributed by atoms with E-state index in [-0.39, 0.29) is 18.1 Å². The van der Waals surface area contributed by atoms with Crippen LogP contribution in [-0.4, -0.2) is 17.6 Å². The zero-order chi connectivity index (χ0) is 13.1. The van der Waals surface area contributed by atoms with Crippen molar-refractivity contribution in [2.45, 2.75) is 13.8 Å². The van der Waals surface area contributed by atoms with E-state index in [9.17, 15) is 9.18 Å². The molecule has 0 saturated heterocycles. The van der Waals surface area contributed by atoms with E-state index in [1.165, 1.54) is 12.1 Å². The Labute approximate surface area is 103 Å². The molecule has 1 aromatic carbocycles. The van der Waals surface area contributed by atoms with Crippen LogP contribution in [0.3, 0.4) is 0 Å². The lowest BCUT2D eigenvalue weighted by Gasteiger charge is -2.03. The minimum atomic E-state index is -0.580. The molecule has 1 heterocycles. The summed E-state index contributed by atoms with van der Waals surface area (Å²) < 4.78 is 23.3. The summed E-state index contributed by atoms with van der Waals surface area (Å²) in [6.45, 7) is 3.70. The normalized spacial score (nSPS) is 10.4. The van der Waals surface area contributed by atoms with Crippen molar-refractivity contribution in [2.24, 2.45) is 0 Å². The number of carbonyl (C=O) groups excluding carboxylic acids is 1. The summed E-state index contributed by atoms with van der Waals surface area (Å²) in [5.41, 5.74) is 1.26. The fraction of sp³-hybridized carbons (Fsp3) is 0.231. The zero-order valence-corrected chi connectivity index (χ0v) is 10.1. The van der Waals surface area contributed by atoms with Gasteiger partial charge < -0.3 is 9.15 Å². The van der Waals surface area contributed by atoms with E-state index >= 15 is 0 Å². The molecular weight excluding hydrogens is 237 g/mol. The molecule has 0 bridgehead atoms. The van der Waals surface area contributed by atoms with Crippen molar-refractivity contribution in [2.75, 3.05) is 6.61 Å². The summed E-state index contributed by atoms with van der Waals surface area (Å²) in [5.74, 6) is -0.754. The first kappa shape index (κ1) is 12.3. The second-order valence-corrected chi connectivity index (χ2v) is 3.77. The number of hydrogen-bond donors (Lipinski definition) is 0. The standard InChI is InChI=1S/C13H12FNO3/c1-3-17-13(16)11-12(18-7-15-11)9-4-8(2)5-10(14)6-9/h4-7H,3H2,1-2H3. The van der Waals surface area contributed by atoms with Gasteiger partial charge >= 0.3 is 5.97 Å². The minimum absolute atomic E-state index is 0.0573. The number of aryl methyl sites for hydroxylation is 1. The average molecular weight is 249 g/mol. The second kappa shape index (κ2) is 5.00. The molecule has 2 rings (SSSR count). The third kappa shape index (κ3) is 2.40. The molecule has 0 aliphatic rings. The number of hydrogen-bond acceptors (Lipinski definition) is 4. The van der Waals surface area contributed by atoms with Crippen molar-refractivity contribution >= 4 is 5.97 Å². The van der Waals surface area contributed by atoms with Gasteiger partial charge in [0, 0.05) is 5.56 Å². The summed E-state index contributed by atoms with van der Waals surface area (Å²) in [6, 6.07) is 4.40. The number of esters is 1. The number of oxazole rings is 1. The largest absolute Gasteiger partial charge is 0.461 e. The fourth-order valence-corrected chi connectivity index (χ4v) is 1.66. The van der Waals surface area contributed by atoms with E-state index in [0.717, 1.165) is 12.0 Å². The van der Waals surface area contributed by atoms with Gasteiger partial charge in [0.15, 0.2) is 17.8 Å². The maximum atomic E-state index is 13.3. The third-order valence-electron chi connectivity index (χ3n) is 2.34. The average Bonchev–Trinajstić information content (AvgIpc) is 2.76. The topological polar surface area (TPSA) is 52.3 Å². The summed E-state index contributed by atoms with van der Waals surface area (Å²) in [6.07, 6.45) is 1.14. The Balaban J connectivity index is 2.45. The van der Waals surface area contributed by atoms with Gasteiger partial charge in [0.05, 0.1) is 6.61 Å². The van der Waals surface area contributed by atoms with Gasteiger partial charge in [-0.3, -0.25) is 0 Å². The monoisotopic (exact) mass is 249 g/mol. The highest BCUT2D eigenvalue weighted by Gasteiger charge is 2.19. The predicted octanol–water partition coefficient (Wildman–Crippen LogP) is 2.97. The van der Waals surface area contributed by atoms with Gasteiger partial charge in [0.25, 0.3) is 0 Å². The molecule has 0 aliphatic heterocycles. The SMILES string of the molecule is CCOC(=O)c1ncoc1-c1cc(C)cc(F)c1. The van der Waals surface area contributed by atoms with Gasteiger partial charge in [0.1, 0.15) is 5.82 Å². The molecule has 0 aliphatic carbocycles. The van der Waals surface area contributed by atoms with Crippen LogP contribution in [0.2, 0.25) is 0 Å². The molecule has 5 heteroatoms. The number of ether oxygens (including phenoxy) is 1. The third-order valence-corrected chi connectivity index (χ3v) is 2.34. The van der Waals surface area contributed by atoms with Crippen molar-refractivity contribution in [1.29, 1.82) is 0 Å². The lowest BCUT2D eigenvalue weighted by molar-refractivity contribution is 0.0520. The summed E-state index contributed by atoms with van der Waals surface area (Å²) in [5, 5.41) is 0. The Kier molecular flexibility index (Phi) is 3.41. The van der Waals surface area contributed by atoms with Crippen molar-refractivity contribution in [1.82, 2.24) is 4.98 Å². The number of carbonyl (C=O) groups is 1. The van der Waals surface area contributed by atoms with Crippen LogP contribution in [0.5, 0.6) is 0 Å². The Morgan fingerprint density at radius 3 is 2.89 bits per heavy atom. The van der Waals surface area contributed by atoms with E-state index < -0.39 is 11.8 Å². The van der Waals surface area contributed by atoms with Crippen molar-refractivity contribution in [3.8, 4) is 11.3 Å². The van der Waals surface area contributed by atoms with Crippen LogP contribution in [0.1, 0.15) is 23.0 Å². The van der Waals surface area contributed by atoms with E-state index in [4.69, 9.17) is 9.15 Å². The molecule has 4 nitrogen and oxygen atoms in total. The van der Waals surface area contributed by atoms with Gasteiger partial charge in [-0.15, -0.1) is 0 Å². The Bertz CT molecular complexity index is 557. The first-order valence-electron chi connectivity index (χ1n) is 5.50. The summed E-state index contributed by atoms with van der Waals surface area (Å²) >= 11 is 0. The number of aromatic nitrogens is 1. The second-order valence-electron chi connectivity index (χ2n) is 3.77. The molecule has 94 valence electrons. The van der Waals surface area contributed by atoms with Crippen LogP contribution >= 0.6 is 0 Å². The van der Waals surface area contributed by atoms with Crippen LogP contribution in [0, 0.1) is 12.7 Å². The van der Waals surface area contributed by atoms with E-state index in [2.05, 4.69) is 4.98 Å². The smallest absolute Gasteiger partial charge is 0.360 e. The number of halogens is 1. The molecule has 0 spiro atoms. The summed E-state index contributed by atoms with van der Waals surface area (Å²) in [7, 11) is 0. The highest BCUT2D eigenvalue weighted by molar-refractivity contribution is 5.93. The molecule has 0 amide bonds. The first-order valence-corrected chi connectivity index (χ1v) is 5.50. The quantitative estimate of drug-likeness (QED) is 0.785. The molecule has 0 N–H and O–H groups in total. The van der Waals surface area contributed by atoms with Crippen molar-refractivity contribution in [3.05, 3.63) is 41.7 Å². The molecule has 2 aromatic rings. The molecular formula is C13H12FNO3. The van der Waals surface area contributed by atoms with Crippen LogP contribution < -0.4 is 0 Å². The van der Waals surface area contributed by atoms with E-state index in [1.807, 2.05) is 0 Å². The zero-order valence-electron chi connectivity index (χ0n) is 10.1. The predicted molar refractivity (Wildman–Crippen MR) is 62.6 cm³/mol. The van der Waals surface area contributed by atoms with Crippen LogP contribution in [-0.2, 0) is 4.74 Å². The molecule has 1 aromatic heterocycles. The minimum Gasteiger partial charge on any atom is -0.461 e. The summed E-state index contributed by atoms with van der Waals surface area (Å²) in [4.78, 5) is 15.4. The van der Waals surface area contributed by atoms with Crippen molar-refractivity contribution in [3.63, 3.8) is 0 Å². The Morgan fingerprint density at radius 2 is 2.22 bits per heavy atom. The van der Waals surface area contributed by atoms with Crippen LogP contribution in [0.4, 0.5) is 4.39 Å². The number of benzene rings is 1. The molecule has 0 saturated carbocycles. The molecule has 0 atom stereocenters. The van der Waals surface area contributed by atoms with Crippen molar-refractivity contribution < 1.29 is 18.3 Å². The van der Waals surface area contributed by atoms with Crippen LogP contribution in [0.25, 0.3) is 11.3 Å². The van der Waals surface area contributed by atoms with Gasteiger partial charge in [-0.1, -0.05) is 0 Å². The fourth-order valence-electron chi connectivity index (χ4n) is 1.66. The van der Waals surface area contributed by atoms with E-state index in [1.54, 1.807) is 19.9 Å². The molecule has 0 radical (unpaired) electrons. The maximum Gasteiger partial charge on any atom is 0.360 e. The number of rotatable bonds is 3. The highest BCUT2D eigenvalue weighted by Crippen LogP contribution is 2.25. The molecule has 0 fully saturated rings. The Hall–Kier alpha value is -2.17. The van der Waals surface area contributed by atoms with Gasteiger partial charge in [-0.2, -0.15) is 0 Å². The van der Waals surface area contributed by atoms with Gasteiger partial charge in [0.2, 0.25) is 0 Å². The number of nitrogens with zero attached hydrogens (tertiary/aromatic N) is 1. The van der Waals surface area contributed by atoms with E-state index in [0.29, 0.717) is 5.56 Å².